The van der Waals surface area contributed by atoms with Crippen LogP contribution >= 0.6 is 0 Å². The third-order valence-electron chi connectivity index (χ3n) is 6.88. The van der Waals surface area contributed by atoms with E-state index in [0.29, 0.717) is 18.2 Å². The van der Waals surface area contributed by atoms with Crippen LogP contribution in [0.4, 0.5) is 0 Å². The molecule has 33 heavy (non-hydrogen) atoms. The summed E-state index contributed by atoms with van der Waals surface area (Å²) in [5.74, 6) is 0.623. The van der Waals surface area contributed by atoms with Gasteiger partial charge in [-0.25, -0.2) is 5.01 Å². The summed E-state index contributed by atoms with van der Waals surface area (Å²) in [6, 6.07) is 21.0. The molecule has 1 saturated heterocycles. The standard InChI is InChI=1S/C27H32N4O2/c1-33-19-21-15-16-30(17-21)29-27(32)25-24-14-8-13-23(22-11-6-3-7-12-22)26(24)31(28-25)18-20-9-4-2-5-10-20/h2-7,9-12,21,23H,8,13-19H2,1H3,(H,29,32). The average Bonchev–Trinajstić information content (AvgIpc) is 3.45. The van der Waals surface area contributed by atoms with Crippen LogP contribution in [-0.4, -0.2) is 47.5 Å². The van der Waals surface area contributed by atoms with Gasteiger partial charge in [-0.15, -0.1) is 0 Å². The number of hydrogen-bond donors (Lipinski definition) is 1. The maximum atomic E-state index is 13.4. The molecule has 1 fully saturated rings. The van der Waals surface area contributed by atoms with E-state index >= 15 is 0 Å². The van der Waals surface area contributed by atoms with Crippen LogP contribution < -0.4 is 5.43 Å². The number of benzene rings is 2. The number of hydrazine groups is 1. The lowest BCUT2D eigenvalue weighted by Crippen LogP contribution is -2.41. The van der Waals surface area contributed by atoms with Gasteiger partial charge in [-0.1, -0.05) is 60.7 Å². The predicted octanol–water partition coefficient (Wildman–Crippen LogP) is 4.01. The summed E-state index contributed by atoms with van der Waals surface area (Å²) in [6.07, 6.45) is 4.06. The van der Waals surface area contributed by atoms with Crippen molar-refractivity contribution in [3.05, 3.63) is 88.7 Å². The maximum Gasteiger partial charge on any atom is 0.286 e. The number of carbonyl (C=O) groups excluding carboxylic acids is 1. The second-order valence-electron chi connectivity index (χ2n) is 9.21. The molecule has 1 aliphatic heterocycles. The first-order chi connectivity index (χ1) is 16.2. The van der Waals surface area contributed by atoms with Crippen LogP contribution in [0.5, 0.6) is 0 Å². The number of hydrogen-bond acceptors (Lipinski definition) is 4. The zero-order valence-electron chi connectivity index (χ0n) is 19.2. The van der Waals surface area contributed by atoms with Crippen LogP contribution in [0, 0.1) is 5.92 Å². The number of aromatic nitrogens is 2. The summed E-state index contributed by atoms with van der Waals surface area (Å²) in [6.45, 7) is 3.06. The average molecular weight is 445 g/mol. The minimum absolute atomic E-state index is 0.0927. The Bertz CT molecular complexity index is 1080. The van der Waals surface area contributed by atoms with Crippen LogP contribution in [0.25, 0.3) is 0 Å². The Morgan fingerprint density at radius 3 is 2.61 bits per heavy atom. The molecular formula is C27H32N4O2. The molecule has 0 saturated carbocycles. The fourth-order valence-corrected chi connectivity index (χ4v) is 5.34. The Labute approximate surface area is 195 Å². The smallest absolute Gasteiger partial charge is 0.286 e. The molecule has 6 nitrogen and oxygen atoms in total. The zero-order chi connectivity index (χ0) is 22.6. The Balaban J connectivity index is 1.47. The highest BCUT2D eigenvalue weighted by Gasteiger charge is 2.33. The largest absolute Gasteiger partial charge is 0.384 e. The Hall–Kier alpha value is -2.96. The van der Waals surface area contributed by atoms with E-state index in [1.54, 1.807) is 7.11 Å². The zero-order valence-corrected chi connectivity index (χ0v) is 19.2. The fraction of sp³-hybridized carbons (Fsp3) is 0.407. The van der Waals surface area contributed by atoms with Crippen molar-refractivity contribution in [2.45, 2.75) is 38.1 Å². The molecule has 1 N–H and O–H groups in total. The highest BCUT2D eigenvalue weighted by Crippen LogP contribution is 2.38. The normalized spacial score (nSPS) is 20.5. The molecule has 5 rings (SSSR count). The maximum absolute atomic E-state index is 13.4. The summed E-state index contributed by atoms with van der Waals surface area (Å²) < 4.78 is 7.37. The lowest BCUT2D eigenvalue weighted by Gasteiger charge is -2.25. The van der Waals surface area contributed by atoms with E-state index in [0.717, 1.165) is 50.9 Å². The van der Waals surface area contributed by atoms with Gasteiger partial charge in [-0.3, -0.25) is 14.9 Å². The molecule has 0 bridgehead atoms. The van der Waals surface area contributed by atoms with E-state index in [2.05, 4.69) is 64.7 Å². The van der Waals surface area contributed by atoms with Crippen LogP contribution in [0.15, 0.2) is 60.7 Å². The molecule has 0 spiro atoms. The molecule has 2 unspecified atom stereocenters. The first-order valence-electron chi connectivity index (χ1n) is 12.0. The highest BCUT2D eigenvalue weighted by atomic mass is 16.5. The summed E-state index contributed by atoms with van der Waals surface area (Å²) >= 11 is 0. The molecule has 172 valence electrons. The summed E-state index contributed by atoms with van der Waals surface area (Å²) in [7, 11) is 1.73. The highest BCUT2D eigenvalue weighted by molar-refractivity contribution is 5.93. The van der Waals surface area contributed by atoms with Gasteiger partial charge in [0.1, 0.15) is 0 Å². The van der Waals surface area contributed by atoms with Crippen molar-refractivity contribution in [3.63, 3.8) is 0 Å². The molecule has 2 aliphatic rings. The monoisotopic (exact) mass is 444 g/mol. The second kappa shape index (κ2) is 9.89. The molecule has 1 aliphatic carbocycles. The minimum Gasteiger partial charge on any atom is -0.384 e. The van der Waals surface area contributed by atoms with Crippen LogP contribution in [-0.2, 0) is 17.7 Å². The fourth-order valence-electron chi connectivity index (χ4n) is 5.34. The third-order valence-corrected chi connectivity index (χ3v) is 6.88. The molecule has 6 heteroatoms. The number of ether oxygens (including phenoxy) is 1. The number of fused-ring (bicyclic) bond motifs is 1. The summed E-state index contributed by atoms with van der Waals surface area (Å²) in [4.78, 5) is 13.4. The molecule has 2 heterocycles. The molecule has 2 aromatic carbocycles. The van der Waals surface area contributed by atoms with Crippen molar-refractivity contribution in [3.8, 4) is 0 Å². The molecule has 3 aromatic rings. The number of nitrogens with zero attached hydrogens (tertiary/aromatic N) is 3. The molecule has 1 aromatic heterocycles. The lowest BCUT2D eigenvalue weighted by molar-refractivity contribution is 0.0800. The van der Waals surface area contributed by atoms with Gasteiger partial charge in [0.15, 0.2) is 5.69 Å². The van der Waals surface area contributed by atoms with Gasteiger partial charge in [0.2, 0.25) is 0 Å². The van der Waals surface area contributed by atoms with Gasteiger partial charge in [-0.2, -0.15) is 5.10 Å². The van der Waals surface area contributed by atoms with Crippen LogP contribution in [0.2, 0.25) is 0 Å². The Morgan fingerprint density at radius 1 is 1.09 bits per heavy atom. The van der Waals surface area contributed by atoms with Crippen LogP contribution in [0.1, 0.15) is 58.1 Å². The topological polar surface area (TPSA) is 59.4 Å². The van der Waals surface area contributed by atoms with Crippen molar-refractivity contribution < 1.29 is 9.53 Å². The minimum atomic E-state index is -0.0927. The van der Waals surface area contributed by atoms with E-state index in [1.165, 1.54) is 16.8 Å². The van der Waals surface area contributed by atoms with Gasteiger partial charge in [0, 0.05) is 31.7 Å². The van der Waals surface area contributed by atoms with E-state index in [9.17, 15) is 4.79 Å². The van der Waals surface area contributed by atoms with Crippen molar-refractivity contribution in [1.29, 1.82) is 0 Å². The van der Waals surface area contributed by atoms with Crippen molar-refractivity contribution in [2.24, 2.45) is 5.92 Å². The lowest BCUT2D eigenvalue weighted by atomic mass is 9.82. The number of carbonyl (C=O) groups is 1. The van der Waals surface area contributed by atoms with E-state index in [1.807, 2.05) is 11.1 Å². The first kappa shape index (κ1) is 21.9. The van der Waals surface area contributed by atoms with Crippen molar-refractivity contribution >= 4 is 5.91 Å². The van der Waals surface area contributed by atoms with Gasteiger partial charge in [0.05, 0.1) is 18.8 Å². The quantitative estimate of drug-likeness (QED) is 0.598. The van der Waals surface area contributed by atoms with E-state index in [-0.39, 0.29) is 11.8 Å². The Kier molecular flexibility index (Phi) is 6.55. The van der Waals surface area contributed by atoms with E-state index < -0.39 is 0 Å². The molecule has 0 radical (unpaired) electrons. The van der Waals surface area contributed by atoms with Crippen molar-refractivity contribution in [2.75, 3.05) is 26.8 Å². The SMILES string of the molecule is COCC1CCN(NC(=O)c2nn(Cc3ccccc3)c3c2CCCC3c2ccccc2)C1. The number of amides is 1. The van der Waals surface area contributed by atoms with Gasteiger partial charge in [0.25, 0.3) is 5.91 Å². The molecular weight excluding hydrogens is 412 g/mol. The predicted molar refractivity (Wildman–Crippen MR) is 128 cm³/mol. The second-order valence-corrected chi connectivity index (χ2v) is 9.21. The molecule has 1 amide bonds. The van der Waals surface area contributed by atoms with E-state index in [4.69, 9.17) is 9.84 Å². The summed E-state index contributed by atoms with van der Waals surface area (Å²) in [5, 5.41) is 6.93. The van der Waals surface area contributed by atoms with Crippen LogP contribution in [0.3, 0.4) is 0 Å². The van der Waals surface area contributed by atoms with Gasteiger partial charge >= 0.3 is 0 Å². The summed E-state index contributed by atoms with van der Waals surface area (Å²) in [5.41, 5.74) is 8.49. The molecule has 2 atom stereocenters. The van der Waals surface area contributed by atoms with Crippen molar-refractivity contribution in [1.82, 2.24) is 20.2 Å². The van der Waals surface area contributed by atoms with Gasteiger partial charge < -0.3 is 4.74 Å². The number of rotatable bonds is 7. The van der Waals surface area contributed by atoms with Gasteiger partial charge in [-0.05, 0) is 42.7 Å². The number of methoxy groups -OCH3 is 1. The number of nitrogens with one attached hydrogen (secondary N) is 1. The first-order valence-corrected chi connectivity index (χ1v) is 12.0. The third kappa shape index (κ3) is 4.72. The Morgan fingerprint density at radius 2 is 1.85 bits per heavy atom.